The van der Waals surface area contributed by atoms with E-state index in [1.165, 1.54) is 82.3 Å². The summed E-state index contributed by atoms with van der Waals surface area (Å²) in [6, 6.07) is 91.3. The third-order valence-corrected chi connectivity index (χ3v) is 25.5. The van der Waals surface area contributed by atoms with E-state index in [2.05, 4.69) is 89.4 Å². The number of nitroso groups, excluding NO2 is 1. The van der Waals surface area contributed by atoms with Gasteiger partial charge >= 0.3 is 36.8 Å². The van der Waals surface area contributed by atoms with Gasteiger partial charge in [-0.1, -0.05) is 309 Å². The Kier molecular flexibility index (Phi) is 58.0. The molecule has 740 valence electrons. The minimum atomic E-state index is -0.886. The molecule has 11 aromatic carbocycles. The summed E-state index contributed by atoms with van der Waals surface area (Å²) < 4.78 is 24.3. The number of carboxylic acids is 1. The van der Waals surface area contributed by atoms with Crippen molar-refractivity contribution >= 4 is 126 Å². The maximum absolute atomic E-state index is 13.5. The predicted octanol–water partition coefficient (Wildman–Crippen LogP) is 24.3. The first kappa shape index (κ1) is 118. The number of para-hydroxylation sites is 3. The van der Waals surface area contributed by atoms with Crippen LogP contribution in [-0.4, -0.2) is 141 Å². The number of aliphatic carboxylic acids is 1. The van der Waals surface area contributed by atoms with Crippen molar-refractivity contribution in [2.24, 2.45) is 11.1 Å². The van der Waals surface area contributed by atoms with Gasteiger partial charge < -0.3 is 55.5 Å². The molecule has 7 aliphatic rings. The van der Waals surface area contributed by atoms with Crippen molar-refractivity contribution in [3.05, 3.63) is 377 Å². The molecule has 21 nitrogen and oxygen atoms in total. The summed E-state index contributed by atoms with van der Waals surface area (Å²) in [7, 11) is 2.78. The second-order valence-electron chi connectivity index (χ2n) is 33.4. The minimum absolute atomic E-state index is 0. The number of nitrogens with one attached hydrogen (secondary N) is 4. The number of nitrogens with two attached hydrogens (primary N) is 1. The number of carboxylic acid groups (broad SMARTS) is 1. The number of carbonyl (C=O) groups excluding carboxylic acids is 3. The van der Waals surface area contributed by atoms with Crippen molar-refractivity contribution in [3.8, 4) is 0 Å². The van der Waals surface area contributed by atoms with Crippen LogP contribution in [0.5, 0.6) is 0 Å². The van der Waals surface area contributed by atoms with Gasteiger partial charge in [0.25, 0.3) is 0 Å². The molecule has 0 spiro atoms. The van der Waals surface area contributed by atoms with Crippen molar-refractivity contribution in [1.82, 2.24) is 20.2 Å². The molecule has 139 heavy (non-hydrogen) atoms. The number of ether oxygens (including phenoxy) is 5. The van der Waals surface area contributed by atoms with Gasteiger partial charge in [-0.15, -0.1) is 28.1 Å². The molecule has 8 atom stereocenters. The van der Waals surface area contributed by atoms with Crippen LogP contribution in [0.1, 0.15) is 204 Å². The standard InChI is InChI=1S/C26H27ClN2O.C16H17NO2.C15H15NO2.C10H11BrO2.C10H11ClN2O.C10H13ClN2.C10H12ClN.3C4H8O.CH2Cl2.Li.H2O/c1-19-13-15-20(16-14-19)26(28-21-8-3-2-4-9-21)25(30)18-29-17-7-12-24(29)22-10-5-6-11-23(22)27;1-12-8-10-13(11-9-12)15(16(18)19-2)17-14-6-4-3-5-7-14;1-11-7-9-12(10-8-11)14(15(17)18)16-13-5-3-2-4-6-13;1-7-3-5-8(6-4-7)9(11)10(12)13-2;11-9-5-2-1-4-8(9)10-6-3-7-13(10)12-14;11-9-5-2-1-4-8(9)10-6-3-7-13(10)12;11-9-5-2-1-4-8(9)10-6-3-7-12-10;3*1-2-4-5-3-1;2-1-3;;/h2-6,8-11,13-16,24,26,28H,7,12,17-18H2,1H3;3-11,15,17H,1-2H3;2-10,14,16H,1H3,(H,17,18);3-6,9H,1-2H3;1-2,4-5,10H,3,6-7H2;1-2,4-5,10H,3,6-7,12H2;1-2,4-5,10,12H,3,6-7H2;3*1-4H2;1H2;;1H2/q;;;;;;;;;;;+1;/p-1. The molecule has 7 aliphatic heterocycles. The second kappa shape index (κ2) is 68.1. The van der Waals surface area contributed by atoms with E-state index in [-0.39, 0.29) is 70.4 Å². The number of likely N-dealkylation sites (tertiary alicyclic amines) is 1. The molecule has 7 saturated heterocycles. The summed E-state index contributed by atoms with van der Waals surface area (Å²) in [5.74, 6) is 4.56. The number of carbonyl (C=O) groups is 4. The van der Waals surface area contributed by atoms with Gasteiger partial charge in [-0.2, -0.15) is 0 Å². The van der Waals surface area contributed by atoms with Crippen molar-refractivity contribution < 1.29 is 72.3 Å². The quantitative estimate of drug-likeness (QED) is 0.0128. The van der Waals surface area contributed by atoms with Crippen molar-refractivity contribution in [3.63, 3.8) is 0 Å². The number of aryl methyl sites for hydroxylation is 4. The third kappa shape index (κ3) is 42.5. The fraction of sp³-hybridized carbons (Fsp3) is 0.364. The Balaban J connectivity index is 0.000000245. The summed E-state index contributed by atoms with van der Waals surface area (Å²) >= 11 is 37.5. The zero-order valence-electron chi connectivity index (χ0n) is 80.6. The fourth-order valence-electron chi connectivity index (χ4n) is 15.8. The number of ketones is 1. The molecule has 29 heteroatoms. The second-order valence-corrected chi connectivity index (χ2v) is 36.8. The number of rotatable bonds is 21. The Morgan fingerprint density at radius 2 is 0.748 bits per heavy atom. The van der Waals surface area contributed by atoms with Crippen LogP contribution in [0.4, 0.5) is 17.1 Å². The first-order valence-electron chi connectivity index (χ1n) is 46.7. The zero-order chi connectivity index (χ0) is 98.3. The Hall–Kier alpha value is -9.20. The van der Waals surface area contributed by atoms with Crippen LogP contribution < -0.4 is 46.0 Å². The van der Waals surface area contributed by atoms with Crippen LogP contribution in [0.25, 0.3) is 0 Å². The number of anilines is 3. The van der Waals surface area contributed by atoms with E-state index in [1.807, 2.05) is 281 Å². The molecule has 11 aromatic rings. The minimum Gasteiger partial charge on any atom is -0.870 e. The Morgan fingerprint density at radius 3 is 1.10 bits per heavy atom. The van der Waals surface area contributed by atoms with Crippen LogP contribution in [0.15, 0.2) is 290 Å². The predicted molar refractivity (Wildman–Crippen MR) is 567 cm³/mol. The number of methoxy groups -OCH3 is 2. The van der Waals surface area contributed by atoms with Crippen molar-refractivity contribution in [2.75, 3.05) is 108 Å². The van der Waals surface area contributed by atoms with Gasteiger partial charge in [-0.3, -0.25) is 25.3 Å². The zero-order valence-corrected chi connectivity index (χ0v) is 86.7. The Bertz CT molecular complexity index is 5220. The summed E-state index contributed by atoms with van der Waals surface area (Å²) in [5.41, 5.74) is 15.3. The monoisotopic (exact) mass is 2070 g/mol. The first-order chi connectivity index (χ1) is 66.5. The topological polar surface area (TPSA) is 278 Å². The molecule has 8 N–H and O–H groups in total. The normalized spacial score (nSPS) is 17.1. The molecule has 0 radical (unpaired) electrons. The third-order valence-electron chi connectivity index (χ3n) is 23.2. The number of nitrogens with zero attached hydrogens (tertiary/aromatic N) is 4. The van der Waals surface area contributed by atoms with Gasteiger partial charge in [0, 0.05) is 102 Å². The molecule has 7 fully saturated rings. The van der Waals surface area contributed by atoms with Crippen LogP contribution in [0, 0.1) is 32.6 Å². The maximum atomic E-state index is 13.5. The molecular formula is C110H133BrCl6LiN9O12. The summed E-state index contributed by atoms with van der Waals surface area (Å²) in [6.45, 7) is 18.2. The van der Waals surface area contributed by atoms with Crippen LogP contribution >= 0.6 is 85.5 Å². The number of hydrogen-bond acceptors (Lipinski definition) is 19. The Morgan fingerprint density at radius 1 is 0.424 bits per heavy atom. The maximum Gasteiger partial charge on any atom is 1.00 e. The smallest absolute Gasteiger partial charge is 0.870 e. The van der Waals surface area contributed by atoms with Gasteiger partial charge in [0.2, 0.25) is 0 Å². The van der Waals surface area contributed by atoms with E-state index < -0.39 is 18.1 Å². The first-order valence-corrected chi connectivity index (χ1v) is 50.2. The molecule has 0 amide bonds. The fourth-order valence-corrected chi connectivity index (χ4v) is 17.4. The van der Waals surface area contributed by atoms with E-state index in [0.717, 1.165) is 187 Å². The van der Waals surface area contributed by atoms with E-state index in [0.29, 0.717) is 23.7 Å². The van der Waals surface area contributed by atoms with E-state index in [9.17, 15) is 29.2 Å². The molecule has 0 aromatic heterocycles. The number of Topliss-reactive ketones (excluding diaryl/α,β-unsaturated/α-hetero) is 1. The van der Waals surface area contributed by atoms with Gasteiger partial charge in [-0.25, -0.2) is 14.6 Å². The van der Waals surface area contributed by atoms with Crippen molar-refractivity contribution in [2.45, 2.75) is 165 Å². The Labute approximate surface area is 872 Å². The number of halogens is 7. The number of hydrazine groups is 1. The van der Waals surface area contributed by atoms with Gasteiger partial charge in [0.1, 0.15) is 10.9 Å². The van der Waals surface area contributed by atoms with E-state index >= 15 is 0 Å². The molecular weight excluding hydrogens is 1940 g/mol. The number of hydrogen-bond donors (Lipinski definition) is 6. The molecule has 0 bridgehead atoms. The molecule has 8 unspecified atom stereocenters. The average Bonchev–Trinajstić information content (AvgIpc) is 1.69. The van der Waals surface area contributed by atoms with E-state index in [1.54, 1.807) is 5.01 Å². The van der Waals surface area contributed by atoms with Crippen LogP contribution in [0.3, 0.4) is 0 Å². The summed E-state index contributed by atoms with van der Waals surface area (Å²) in [4.78, 5) is 60.3. The summed E-state index contributed by atoms with van der Waals surface area (Å²) in [5, 5.41) is 32.2. The van der Waals surface area contributed by atoms with Crippen LogP contribution in [0.2, 0.25) is 20.1 Å². The largest absolute Gasteiger partial charge is 1.00 e. The molecule has 7 heterocycles. The molecule has 18 rings (SSSR count). The van der Waals surface area contributed by atoms with E-state index in [4.69, 9.17) is 94.4 Å². The van der Waals surface area contributed by atoms with Crippen LogP contribution in [-0.2, 0) is 42.9 Å². The summed E-state index contributed by atoms with van der Waals surface area (Å²) in [6.07, 6.45) is 16.5. The number of alkyl halides is 3. The SMILES string of the molecule is C1CCOC1.C1CCOC1.C1CCOC1.COC(=O)C(Br)c1ccc(C)cc1.COC(=O)C(Nc1ccccc1)c1ccc(C)cc1.Cc1ccc(C(Nc2ccccc2)C(=O)CN2CCCC2c2ccccc2Cl)cc1.Cc1ccc(C(Nc2ccccc2)C(=O)O)cc1.ClCCl.Clc1ccccc1C1CCCN1.NN1CCCC1c1ccccc1Cl.O=NN1CCCC1c1ccccc1Cl.[Li+].[OH-]. The number of esters is 2. The number of benzene rings is 11. The van der Waals surface area contributed by atoms with Gasteiger partial charge in [-0.05, 0) is 236 Å². The van der Waals surface area contributed by atoms with Gasteiger partial charge in [0.05, 0.1) is 43.5 Å². The van der Waals surface area contributed by atoms with Gasteiger partial charge in [0.15, 0.2) is 17.9 Å². The average molecular weight is 2070 g/mol. The molecule has 0 aliphatic carbocycles. The van der Waals surface area contributed by atoms with Crippen molar-refractivity contribution in [1.29, 1.82) is 0 Å². The molecule has 0 saturated carbocycles.